The Morgan fingerprint density at radius 1 is 1.35 bits per heavy atom. The summed E-state index contributed by atoms with van der Waals surface area (Å²) in [6, 6.07) is 9.51. The molecule has 2 N–H and O–H groups in total. The third kappa shape index (κ3) is 2.98. The molecule has 88 valence electrons. The SMILES string of the molecule is O=C(O)CC(O)C[n+]1ccc2ccccc2n1. The zero-order valence-electron chi connectivity index (χ0n) is 9.15. The number of hydrogen-bond donors (Lipinski definition) is 2. The van der Waals surface area contributed by atoms with Crippen molar-refractivity contribution in [3.63, 3.8) is 0 Å². The Morgan fingerprint density at radius 3 is 2.88 bits per heavy atom. The molecule has 1 aromatic carbocycles. The number of carbonyl (C=O) groups is 1. The van der Waals surface area contributed by atoms with E-state index in [2.05, 4.69) is 5.10 Å². The average Bonchev–Trinajstić information content (AvgIpc) is 2.27. The second kappa shape index (κ2) is 4.88. The Morgan fingerprint density at radius 2 is 2.12 bits per heavy atom. The fourth-order valence-electron chi connectivity index (χ4n) is 1.64. The van der Waals surface area contributed by atoms with E-state index in [1.165, 1.54) is 0 Å². The quantitative estimate of drug-likeness (QED) is 0.748. The Hall–Kier alpha value is -2.01. The molecule has 0 spiro atoms. The summed E-state index contributed by atoms with van der Waals surface area (Å²) in [4.78, 5) is 10.4. The van der Waals surface area contributed by atoms with Crippen LogP contribution < -0.4 is 4.68 Å². The van der Waals surface area contributed by atoms with Crippen LogP contribution in [0.3, 0.4) is 0 Å². The van der Waals surface area contributed by atoms with Crippen molar-refractivity contribution in [1.29, 1.82) is 0 Å². The average molecular weight is 233 g/mol. The number of aliphatic hydroxyl groups is 1. The Kier molecular flexibility index (Phi) is 3.30. The topological polar surface area (TPSA) is 74.3 Å². The van der Waals surface area contributed by atoms with Crippen molar-refractivity contribution in [3.8, 4) is 0 Å². The fourth-order valence-corrected chi connectivity index (χ4v) is 1.64. The molecular weight excluding hydrogens is 220 g/mol. The molecule has 0 bridgehead atoms. The second-order valence-electron chi connectivity index (χ2n) is 3.85. The number of aliphatic hydroxyl groups excluding tert-OH is 1. The van der Waals surface area contributed by atoms with Crippen LogP contribution >= 0.6 is 0 Å². The third-order valence-electron chi connectivity index (χ3n) is 2.41. The number of aliphatic carboxylic acids is 1. The Bertz CT molecular complexity index is 542. The number of carboxylic acids is 1. The van der Waals surface area contributed by atoms with Crippen LogP contribution in [-0.2, 0) is 11.3 Å². The first-order valence-electron chi connectivity index (χ1n) is 5.30. The summed E-state index contributed by atoms with van der Waals surface area (Å²) in [6.07, 6.45) is 0.528. The largest absolute Gasteiger partial charge is 0.481 e. The van der Waals surface area contributed by atoms with E-state index in [1.807, 2.05) is 30.3 Å². The smallest absolute Gasteiger partial charge is 0.306 e. The zero-order chi connectivity index (χ0) is 12.3. The van der Waals surface area contributed by atoms with Crippen molar-refractivity contribution in [3.05, 3.63) is 36.5 Å². The van der Waals surface area contributed by atoms with Crippen molar-refractivity contribution in [2.45, 2.75) is 19.1 Å². The number of fused-ring (bicyclic) bond motifs is 1. The number of rotatable bonds is 4. The highest BCUT2D eigenvalue weighted by molar-refractivity contribution is 5.76. The first kappa shape index (κ1) is 11.5. The highest BCUT2D eigenvalue weighted by Gasteiger charge is 2.16. The minimum Gasteiger partial charge on any atom is -0.481 e. The van der Waals surface area contributed by atoms with Gasteiger partial charge in [0, 0.05) is 16.6 Å². The Labute approximate surface area is 97.9 Å². The maximum Gasteiger partial charge on any atom is 0.306 e. The predicted molar refractivity (Wildman–Crippen MR) is 60.2 cm³/mol. The molecule has 5 heteroatoms. The third-order valence-corrected chi connectivity index (χ3v) is 2.41. The highest BCUT2D eigenvalue weighted by Crippen LogP contribution is 2.06. The van der Waals surface area contributed by atoms with Crippen LogP contribution in [0.1, 0.15) is 6.42 Å². The van der Waals surface area contributed by atoms with Crippen molar-refractivity contribution < 1.29 is 19.7 Å². The first-order chi connectivity index (χ1) is 8.15. The maximum absolute atomic E-state index is 10.4. The lowest BCUT2D eigenvalue weighted by molar-refractivity contribution is -0.757. The summed E-state index contributed by atoms with van der Waals surface area (Å²) in [7, 11) is 0. The van der Waals surface area contributed by atoms with Crippen LogP contribution in [0.5, 0.6) is 0 Å². The van der Waals surface area contributed by atoms with Gasteiger partial charge in [-0.05, 0) is 6.07 Å². The highest BCUT2D eigenvalue weighted by atomic mass is 16.4. The number of carboxylic acid groups (broad SMARTS) is 1. The van der Waals surface area contributed by atoms with Gasteiger partial charge in [-0.25, -0.2) is 0 Å². The minimum absolute atomic E-state index is 0.178. The molecule has 5 nitrogen and oxygen atoms in total. The molecule has 0 saturated heterocycles. The van der Waals surface area contributed by atoms with E-state index in [-0.39, 0.29) is 13.0 Å². The summed E-state index contributed by atoms with van der Waals surface area (Å²) in [5.74, 6) is -1.01. The van der Waals surface area contributed by atoms with E-state index < -0.39 is 12.1 Å². The molecule has 0 aliphatic carbocycles. The molecule has 1 atom stereocenters. The predicted octanol–water partition coefficient (Wildman–Crippen LogP) is 0.358. The summed E-state index contributed by atoms with van der Waals surface area (Å²) in [5.41, 5.74) is 0.817. The summed E-state index contributed by atoms with van der Waals surface area (Å²) in [5, 5.41) is 23.3. The van der Waals surface area contributed by atoms with E-state index in [0.717, 1.165) is 10.9 Å². The minimum atomic E-state index is -1.01. The monoisotopic (exact) mass is 233 g/mol. The van der Waals surface area contributed by atoms with Gasteiger partial charge < -0.3 is 10.2 Å². The summed E-state index contributed by atoms with van der Waals surface area (Å²) in [6.45, 7) is 0.178. The zero-order valence-corrected chi connectivity index (χ0v) is 9.15. The van der Waals surface area contributed by atoms with E-state index in [1.54, 1.807) is 10.9 Å². The summed E-state index contributed by atoms with van der Waals surface area (Å²) >= 11 is 0. The van der Waals surface area contributed by atoms with Gasteiger partial charge in [-0.1, -0.05) is 22.9 Å². The van der Waals surface area contributed by atoms with Crippen LogP contribution in [-0.4, -0.2) is 27.4 Å². The fraction of sp³-hybridized carbons (Fsp3) is 0.250. The van der Waals surface area contributed by atoms with Crippen LogP contribution in [0.4, 0.5) is 0 Å². The van der Waals surface area contributed by atoms with Gasteiger partial charge in [-0.15, -0.1) is 0 Å². The molecule has 0 fully saturated rings. The molecular formula is C12H13N2O3+. The van der Waals surface area contributed by atoms with E-state index in [9.17, 15) is 9.90 Å². The van der Waals surface area contributed by atoms with Crippen LogP contribution in [0.2, 0.25) is 0 Å². The Balaban J connectivity index is 2.16. The molecule has 0 amide bonds. The molecule has 1 unspecified atom stereocenters. The van der Waals surface area contributed by atoms with E-state index in [4.69, 9.17) is 5.11 Å². The normalized spacial score (nSPS) is 12.5. The molecule has 0 aliphatic rings. The number of aromatic nitrogens is 2. The van der Waals surface area contributed by atoms with Gasteiger partial charge in [0.25, 0.3) is 0 Å². The van der Waals surface area contributed by atoms with Crippen LogP contribution in [0, 0.1) is 0 Å². The van der Waals surface area contributed by atoms with Crippen LogP contribution in [0.15, 0.2) is 36.5 Å². The molecule has 1 heterocycles. The van der Waals surface area contributed by atoms with Crippen molar-refractivity contribution >= 4 is 16.9 Å². The van der Waals surface area contributed by atoms with Crippen molar-refractivity contribution in [1.82, 2.24) is 5.10 Å². The molecule has 0 aliphatic heterocycles. The second-order valence-corrected chi connectivity index (χ2v) is 3.85. The van der Waals surface area contributed by atoms with Crippen LogP contribution in [0.25, 0.3) is 10.9 Å². The lowest BCUT2D eigenvalue weighted by Gasteiger charge is -2.02. The number of nitrogens with zero attached hydrogens (tertiary/aromatic N) is 2. The van der Waals surface area contributed by atoms with Gasteiger partial charge in [0.2, 0.25) is 6.54 Å². The van der Waals surface area contributed by atoms with Gasteiger partial charge >= 0.3 is 5.97 Å². The molecule has 0 saturated carbocycles. The summed E-state index contributed by atoms with van der Waals surface area (Å²) < 4.78 is 1.55. The molecule has 2 rings (SSSR count). The molecule has 1 aromatic heterocycles. The lowest BCUT2D eigenvalue weighted by Crippen LogP contribution is -2.43. The van der Waals surface area contributed by atoms with E-state index in [0.29, 0.717) is 0 Å². The maximum atomic E-state index is 10.4. The van der Waals surface area contributed by atoms with Crippen molar-refractivity contribution in [2.75, 3.05) is 0 Å². The van der Waals surface area contributed by atoms with Gasteiger partial charge in [-0.2, -0.15) is 0 Å². The lowest BCUT2D eigenvalue weighted by atomic mass is 10.2. The van der Waals surface area contributed by atoms with Gasteiger partial charge in [0.15, 0.2) is 6.20 Å². The standard InChI is InChI=1S/C12H12N2O3/c15-10(7-12(16)17)8-14-6-5-9-3-1-2-4-11(9)13-14/h1-6,10,15H,7-8H2/p+1. The van der Waals surface area contributed by atoms with Gasteiger partial charge in [0.05, 0.1) is 6.42 Å². The molecule has 0 radical (unpaired) electrons. The van der Waals surface area contributed by atoms with Gasteiger partial charge in [-0.3, -0.25) is 4.79 Å². The first-order valence-corrected chi connectivity index (χ1v) is 5.30. The molecule has 2 aromatic rings. The number of benzene rings is 1. The molecule has 17 heavy (non-hydrogen) atoms. The van der Waals surface area contributed by atoms with Crippen molar-refractivity contribution in [2.24, 2.45) is 0 Å². The van der Waals surface area contributed by atoms with E-state index >= 15 is 0 Å². The van der Waals surface area contributed by atoms with Gasteiger partial charge in [0.1, 0.15) is 11.6 Å². The number of hydrogen-bond acceptors (Lipinski definition) is 3.